The van der Waals surface area contributed by atoms with Crippen molar-refractivity contribution in [3.63, 3.8) is 0 Å². The average Bonchev–Trinajstić information content (AvgIpc) is 2.55. The van der Waals surface area contributed by atoms with Gasteiger partial charge in [0.05, 0.1) is 6.04 Å². The molecule has 1 atom stereocenters. The molecule has 0 N–H and O–H groups in total. The van der Waals surface area contributed by atoms with Crippen LogP contribution in [0.15, 0.2) is 48.5 Å². The molecule has 0 spiro atoms. The second-order valence-electron chi connectivity index (χ2n) is 5.62. The van der Waals surface area contributed by atoms with Crippen LogP contribution in [0.25, 0.3) is 0 Å². The normalized spacial score (nSPS) is 11.8. The van der Waals surface area contributed by atoms with Crippen LogP contribution >= 0.6 is 0 Å². The number of hydrogen-bond donors (Lipinski definition) is 0. The van der Waals surface area contributed by atoms with E-state index in [9.17, 15) is 9.59 Å². The van der Waals surface area contributed by atoms with E-state index in [-0.39, 0.29) is 11.7 Å². The zero-order valence-electron chi connectivity index (χ0n) is 13.5. The van der Waals surface area contributed by atoms with Crippen molar-refractivity contribution in [3.05, 3.63) is 70.8 Å². The lowest BCUT2D eigenvalue weighted by atomic mass is 9.99. The van der Waals surface area contributed by atoms with E-state index in [0.717, 1.165) is 11.1 Å². The Hall–Kier alpha value is -2.42. The van der Waals surface area contributed by atoms with E-state index >= 15 is 0 Å². The summed E-state index contributed by atoms with van der Waals surface area (Å²) in [5.74, 6) is -0.194. The van der Waals surface area contributed by atoms with Gasteiger partial charge in [0, 0.05) is 18.2 Å². The molecule has 2 rings (SSSR count). The summed E-state index contributed by atoms with van der Waals surface area (Å²) in [7, 11) is 1.67. The zero-order chi connectivity index (χ0) is 16.3. The molecule has 2 aromatic carbocycles. The Morgan fingerprint density at radius 1 is 0.909 bits per heavy atom. The molecule has 0 saturated carbocycles. The van der Waals surface area contributed by atoms with Gasteiger partial charge in [0.25, 0.3) is 5.91 Å². The van der Waals surface area contributed by atoms with Gasteiger partial charge in [0.2, 0.25) is 0 Å². The van der Waals surface area contributed by atoms with Gasteiger partial charge in [-0.1, -0.05) is 30.3 Å². The Morgan fingerprint density at radius 3 is 2.14 bits per heavy atom. The largest absolute Gasteiger partial charge is 0.332 e. The first-order valence-electron chi connectivity index (χ1n) is 7.35. The predicted molar refractivity (Wildman–Crippen MR) is 88.2 cm³/mol. The zero-order valence-corrected chi connectivity index (χ0v) is 13.5. The van der Waals surface area contributed by atoms with Gasteiger partial charge in [0.1, 0.15) is 0 Å². The van der Waals surface area contributed by atoms with Crippen LogP contribution in [-0.4, -0.2) is 29.7 Å². The van der Waals surface area contributed by atoms with Crippen LogP contribution in [0.1, 0.15) is 38.8 Å². The highest BCUT2D eigenvalue weighted by Gasteiger charge is 2.24. The molecular weight excluding hydrogens is 274 g/mol. The fourth-order valence-corrected chi connectivity index (χ4v) is 2.27. The van der Waals surface area contributed by atoms with Crippen LogP contribution < -0.4 is 0 Å². The van der Waals surface area contributed by atoms with Gasteiger partial charge >= 0.3 is 0 Å². The summed E-state index contributed by atoms with van der Waals surface area (Å²) in [5, 5.41) is 0. The molecule has 2 aromatic rings. The van der Waals surface area contributed by atoms with Gasteiger partial charge in [-0.05, 0) is 50.1 Å². The lowest BCUT2D eigenvalue weighted by Crippen LogP contribution is -2.40. The number of amides is 1. The quantitative estimate of drug-likeness (QED) is 0.807. The fourth-order valence-electron chi connectivity index (χ4n) is 2.27. The molecule has 0 heterocycles. The maximum absolute atomic E-state index is 12.6. The average molecular weight is 295 g/mol. The fraction of sp³-hybridized carbons (Fsp3) is 0.263. The number of ketones is 1. The lowest BCUT2D eigenvalue weighted by Gasteiger charge is -2.24. The van der Waals surface area contributed by atoms with Crippen molar-refractivity contribution in [2.45, 2.75) is 26.8 Å². The van der Waals surface area contributed by atoms with Crippen molar-refractivity contribution < 1.29 is 9.59 Å². The van der Waals surface area contributed by atoms with E-state index in [1.165, 1.54) is 4.90 Å². The number of hydrogen-bond acceptors (Lipinski definition) is 2. The molecule has 0 aliphatic carbocycles. The molecule has 0 radical (unpaired) electrons. The van der Waals surface area contributed by atoms with Crippen molar-refractivity contribution in [2.75, 3.05) is 7.05 Å². The standard InChI is InChI=1S/C19H21NO2/c1-13-10-11-17(12-14(13)2)18(21)15(3)20(4)19(22)16-8-6-5-7-9-16/h5-12,15H,1-4H3. The molecule has 3 heteroatoms. The van der Waals surface area contributed by atoms with Gasteiger partial charge in [-0.3, -0.25) is 9.59 Å². The topological polar surface area (TPSA) is 37.4 Å². The van der Waals surface area contributed by atoms with Crippen LogP contribution in [-0.2, 0) is 0 Å². The van der Waals surface area contributed by atoms with E-state index in [1.807, 2.05) is 50.2 Å². The van der Waals surface area contributed by atoms with E-state index in [2.05, 4.69) is 0 Å². The van der Waals surface area contributed by atoms with Crippen LogP contribution in [0.5, 0.6) is 0 Å². The third-order valence-electron chi connectivity index (χ3n) is 4.09. The molecule has 0 saturated heterocycles. The van der Waals surface area contributed by atoms with Crippen molar-refractivity contribution in [2.24, 2.45) is 0 Å². The molecule has 0 aromatic heterocycles. The highest BCUT2D eigenvalue weighted by molar-refractivity contribution is 6.04. The van der Waals surface area contributed by atoms with Crippen molar-refractivity contribution >= 4 is 11.7 Å². The lowest BCUT2D eigenvalue weighted by molar-refractivity contribution is 0.0675. The smallest absolute Gasteiger partial charge is 0.254 e. The van der Waals surface area contributed by atoms with E-state index < -0.39 is 6.04 Å². The van der Waals surface area contributed by atoms with Crippen LogP contribution in [0.3, 0.4) is 0 Å². The highest BCUT2D eigenvalue weighted by Crippen LogP contribution is 2.15. The van der Waals surface area contributed by atoms with Crippen molar-refractivity contribution in [1.82, 2.24) is 4.90 Å². The molecule has 0 fully saturated rings. The third kappa shape index (κ3) is 3.25. The maximum atomic E-state index is 12.6. The van der Waals surface area contributed by atoms with Gasteiger partial charge in [0.15, 0.2) is 5.78 Å². The molecule has 0 aliphatic heterocycles. The number of nitrogens with zero attached hydrogens (tertiary/aromatic N) is 1. The van der Waals surface area contributed by atoms with E-state index in [1.54, 1.807) is 26.1 Å². The van der Waals surface area contributed by atoms with E-state index in [4.69, 9.17) is 0 Å². The number of benzene rings is 2. The summed E-state index contributed by atoms with van der Waals surface area (Å²) >= 11 is 0. The minimum Gasteiger partial charge on any atom is -0.332 e. The minimum absolute atomic E-state index is 0.0464. The Morgan fingerprint density at radius 2 is 1.55 bits per heavy atom. The summed E-state index contributed by atoms with van der Waals surface area (Å²) in [5.41, 5.74) is 3.46. The Balaban J connectivity index is 2.19. The van der Waals surface area contributed by atoms with Crippen molar-refractivity contribution in [1.29, 1.82) is 0 Å². The summed E-state index contributed by atoms with van der Waals surface area (Å²) in [6.45, 7) is 5.76. The number of rotatable bonds is 4. The first kappa shape index (κ1) is 16.0. The Labute approximate surface area is 131 Å². The van der Waals surface area contributed by atoms with Gasteiger partial charge < -0.3 is 4.90 Å². The second-order valence-corrected chi connectivity index (χ2v) is 5.62. The summed E-state index contributed by atoms with van der Waals surface area (Å²) in [6, 6.07) is 14.1. The second kappa shape index (κ2) is 6.56. The number of likely N-dealkylation sites (N-methyl/N-ethyl adjacent to an activating group) is 1. The van der Waals surface area contributed by atoms with Gasteiger partial charge in [-0.2, -0.15) is 0 Å². The number of aryl methyl sites for hydroxylation is 2. The number of carbonyl (C=O) groups is 2. The van der Waals surface area contributed by atoms with Crippen LogP contribution in [0.2, 0.25) is 0 Å². The molecule has 0 bridgehead atoms. The van der Waals surface area contributed by atoms with Gasteiger partial charge in [-0.15, -0.1) is 0 Å². The molecule has 3 nitrogen and oxygen atoms in total. The first-order valence-corrected chi connectivity index (χ1v) is 7.35. The molecule has 1 unspecified atom stereocenters. The summed E-state index contributed by atoms with van der Waals surface area (Å²) in [6.07, 6.45) is 0. The molecular formula is C19H21NO2. The Bertz CT molecular complexity index is 692. The minimum atomic E-state index is -0.505. The molecule has 1 amide bonds. The van der Waals surface area contributed by atoms with Gasteiger partial charge in [-0.25, -0.2) is 0 Å². The summed E-state index contributed by atoms with van der Waals surface area (Å²) in [4.78, 5) is 26.5. The molecule has 22 heavy (non-hydrogen) atoms. The highest BCUT2D eigenvalue weighted by atomic mass is 16.2. The number of Topliss-reactive ketones (excluding diaryl/α,β-unsaturated/α-hetero) is 1. The van der Waals surface area contributed by atoms with Crippen molar-refractivity contribution in [3.8, 4) is 0 Å². The maximum Gasteiger partial charge on any atom is 0.254 e. The first-order chi connectivity index (χ1) is 10.4. The summed E-state index contributed by atoms with van der Waals surface area (Å²) < 4.78 is 0. The van der Waals surface area contributed by atoms with Crippen LogP contribution in [0, 0.1) is 13.8 Å². The molecule has 114 valence electrons. The Kier molecular flexibility index (Phi) is 4.76. The monoisotopic (exact) mass is 295 g/mol. The van der Waals surface area contributed by atoms with E-state index in [0.29, 0.717) is 11.1 Å². The SMILES string of the molecule is Cc1ccc(C(=O)C(C)N(C)C(=O)c2ccccc2)cc1C. The van der Waals surface area contributed by atoms with Crippen LogP contribution in [0.4, 0.5) is 0 Å². The third-order valence-corrected chi connectivity index (χ3v) is 4.09. The predicted octanol–water partition coefficient (Wildman–Crippen LogP) is 3.65. The number of carbonyl (C=O) groups excluding carboxylic acids is 2. The molecule has 0 aliphatic rings.